The van der Waals surface area contributed by atoms with Gasteiger partial charge in [0.05, 0.1) is 6.54 Å². The second-order valence-corrected chi connectivity index (χ2v) is 5.53. The zero-order valence-corrected chi connectivity index (χ0v) is 13.3. The van der Waals surface area contributed by atoms with Crippen LogP contribution < -0.4 is 10.6 Å². The van der Waals surface area contributed by atoms with E-state index in [0.29, 0.717) is 6.42 Å². The minimum absolute atomic E-state index is 0.131. The van der Waals surface area contributed by atoms with Crippen LogP contribution in [0, 0.1) is 5.82 Å². The van der Waals surface area contributed by atoms with Crippen molar-refractivity contribution < 1.29 is 19.1 Å². The Balaban J connectivity index is 1.78. The van der Waals surface area contributed by atoms with Crippen LogP contribution in [-0.2, 0) is 11.2 Å². The van der Waals surface area contributed by atoms with Crippen LogP contribution in [0.1, 0.15) is 22.8 Å². The summed E-state index contributed by atoms with van der Waals surface area (Å²) in [6.07, 6.45) is 0.601. The van der Waals surface area contributed by atoms with Gasteiger partial charge in [0.2, 0.25) is 5.91 Å². The van der Waals surface area contributed by atoms with Gasteiger partial charge in [0.25, 0.3) is 5.91 Å². The minimum atomic E-state index is -0.505. The van der Waals surface area contributed by atoms with Gasteiger partial charge in [0, 0.05) is 11.6 Å². The predicted molar refractivity (Wildman–Crippen MR) is 88.1 cm³/mol. The quantitative estimate of drug-likeness (QED) is 0.758. The monoisotopic (exact) mass is 330 g/mol. The number of phenols is 1. The van der Waals surface area contributed by atoms with Gasteiger partial charge in [0.15, 0.2) is 0 Å². The van der Waals surface area contributed by atoms with Crippen LogP contribution in [0.25, 0.3) is 0 Å². The summed E-state index contributed by atoms with van der Waals surface area (Å²) < 4.78 is 13.1. The maximum absolute atomic E-state index is 13.1. The minimum Gasteiger partial charge on any atom is -0.508 e. The number of carbonyl (C=O) groups excluding carboxylic acids is 2. The van der Waals surface area contributed by atoms with Crippen molar-refractivity contribution in [1.82, 2.24) is 10.6 Å². The fourth-order valence-corrected chi connectivity index (χ4v) is 2.25. The van der Waals surface area contributed by atoms with Crippen molar-refractivity contribution in [1.29, 1.82) is 0 Å². The molecule has 0 aliphatic rings. The second-order valence-electron chi connectivity index (χ2n) is 5.53. The summed E-state index contributed by atoms with van der Waals surface area (Å²) in [5.41, 5.74) is 1.14. The number of nitrogens with one attached hydrogen (secondary N) is 2. The molecule has 5 nitrogen and oxygen atoms in total. The molecule has 0 spiro atoms. The summed E-state index contributed by atoms with van der Waals surface area (Å²) in [6.45, 7) is 1.66. The third-order valence-corrected chi connectivity index (χ3v) is 3.38. The highest BCUT2D eigenvalue weighted by Crippen LogP contribution is 2.11. The van der Waals surface area contributed by atoms with Crippen molar-refractivity contribution in [3.8, 4) is 5.75 Å². The molecule has 0 aliphatic heterocycles. The molecule has 0 fully saturated rings. The van der Waals surface area contributed by atoms with Crippen molar-refractivity contribution in [3.05, 3.63) is 65.5 Å². The summed E-state index contributed by atoms with van der Waals surface area (Å²) >= 11 is 0. The fourth-order valence-electron chi connectivity index (χ4n) is 2.25. The lowest BCUT2D eigenvalue weighted by atomic mass is 10.1. The smallest absolute Gasteiger partial charge is 0.251 e. The number of amides is 2. The topological polar surface area (TPSA) is 78.4 Å². The van der Waals surface area contributed by atoms with E-state index in [1.807, 2.05) is 6.92 Å². The summed E-state index contributed by atoms with van der Waals surface area (Å²) in [5, 5.41) is 14.5. The normalized spacial score (nSPS) is 11.6. The number of hydrogen-bond acceptors (Lipinski definition) is 3. The van der Waals surface area contributed by atoms with Gasteiger partial charge in [-0.15, -0.1) is 0 Å². The van der Waals surface area contributed by atoms with Gasteiger partial charge in [-0.05, 0) is 49.2 Å². The number of benzene rings is 2. The van der Waals surface area contributed by atoms with Crippen LogP contribution in [0.3, 0.4) is 0 Å². The Hall–Kier alpha value is -2.89. The van der Waals surface area contributed by atoms with E-state index in [1.54, 1.807) is 24.3 Å². The Morgan fingerprint density at radius 3 is 2.54 bits per heavy atom. The van der Waals surface area contributed by atoms with Gasteiger partial charge in [0.1, 0.15) is 11.6 Å². The highest BCUT2D eigenvalue weighted by molar-refractivity contribution is 5.96. The number of rotatable bonds is 6. The van der Waals surface area contributed by atoms with Crippen LogP contribution >= 0.6 is 0 Å². The van der Waals surface area contributed by atoms with E-state index >= 15 is 0 Å². The molecule has 0 aliphatic carbocycles. The average Bonchev–Trinajstić information content (AvgIpc) is 2.54. The molecule has 3 N–H and O–H groups in total. The lowest BCUT2D eigenvalue weighted by molar-refractivity contribution is -0.120. The molecule has 0 aromatic heterocycles. The lowest BCUT2D eigenvalue weighted by Gasteiger charge is -2.14. The van der Waals surface area contributed by atoms with E-state index in [1.165, 1.54) is 18.2 Å². The van der Waals surface area contributed by atoms with Crippen LogP contribution in [0.5, 0.6) is 5.75 Å². The molecule has 0 saturated carbocycles. The Morgan fingerprint density at radius 2 is 1.88 bits per heavy atom. The Kier molecular flexibility index (Phi) is 5.89. The van der Waals surface area contributed by atoms with E-state index in [-0.39, 0.29) is 29.8 Å². The summed E-state index contributed by atoms with van der Waals surface area (Å²) in [6, 6.07) is 11.9. The molecule has 0 saturated heterocycles. The molecule has 1 atom stereocenters. The van der Waals surface area contributed by atoms with Crippen molar-refractivity contribution in [3.63, 3.8) is 0 Å². The molecule has 24 heavy (non-hydrogen) atoms. The zero-order chi connectivity index (χ0) is 17.5. The van der Waals surface area contributed by atoms with E-state index in [4.69, 9.17) is 0 Å². The van der Waals surface area contributed by atoms with Gasteiger partial charge in [-0.1, -0.05) is 18.2 Å². The number of aromatic hydroxyl groups is 1. The number of carbonyl (C=O) groups is 2. The van der Waals surface area contributed by atoms with Crippen molar-refractivity contribution in [2.45, 2.75) is 19.4 Å². The fraction of sp³-hybridized carbons (Fsp3) is 0.222. The van der Waals surface area contributed by atoms with Gasteiger partial charge in [-0.2, -0.15) is 0 Å². The Labute approximate surface area is 139 Å². The highest BCUT2D eigenvalue weighted by atomic mass is 19.1. The first-order valence-electron chi connectivity index (χ1n) is 7.55. The summed E-state index contributed by atoms with van der Waals surface area (Å²) in [5.74, 6) is -1.15. The maximum Gasteiger partial charge on any atom is 0.251 e. The molecule has 2 amide bonds. The zero-order valence-electron chi connectivity index (χ0n) is 13.3. The predicted octanol–water partition coefficient (Wildman–Crippen LogP) is 2.01. The van der Waals surface area contributed by atoms with Crippen LogP contribution in [0.2, 0.25) is 0 Å². The Bertz CT molecular complexity index is 716. The third kappa shape index (κ3) is 5.39. The lowest BCUT2D eigenvalue weighted by Crippen LogP contribution is -2.41. The van der Waals surface area contributed by atoms with Gasteiger partial charge >= 0.3 is 0 Å². The average molecular weight is 330 g/mol. The van der Waals surface area contributed by atoms with Gasteiger partial charge in [-0.3, -0.25) is 9.59 Å². The van der Waals surface area contributed by atoms with Crippen molar-refractivity contribution >= 4 is 11.8 Å². The van der Waals surface area contributed by atoms with E-state index in [2.05, 4.69) is 10.6 Å². The van der Waals surface area contributed by atoms with Gasteiger partial charge in [-0.25, -0.2) is 4.39 Å². The van der Waals surface area contributed by atoms with Crippen LogP contribution in [0.15, 0.2) is 48.5 Å². The first-order chi connectivity index (χ1) is 11.4. The molecule has 126 valence electrons. The molecule has 6 heteroatoms. The number of halogens is 1. The molecular formula is C18H19FN2O3. The van der Waals surface area contributed by atoms with Crippen LogP contribution in [-0.4, -0.2) is 29.5 Å². The molecule has 2 aromatic rings. The standard InChI is InChI=1S/C18H19FN2O3/c1-12(9-13-5-7-16(22)8-6-13)21-17(23)11-20-18(24)14-3-2-4-15(19)10-14/h2-8,10,12,22H,9,11H2,1H3,(H,20,24)(H,21,23)/t12-/m1/s1. The second kappa shape index (κ2) is 8.10. The van der Waals surface area contributed by atoms with Gasteiger partial charge < -0.3 is 15.7 Å². The molecule has 2 aromatic carbocycles. The first kappa shape index (κ1) is 17.5. The number of hydrogen-bond donors (Lipinski definition) is 3. The van der Waals surface area contributed by atoms with E-state index in [9.17, 15) is 19.1 Å². The molecular weight excluding hydrogens is 311 g/mol. The molecule has 2 rings (SSSR count). The van der Waals surface area contributed by atoms with E-state index < -0.39 is 11.7 Å². The molecule has 0 bridgehead atoms. The molecule has 0 unspecified atom stereocenters. The molecule has 0 heterocycles. The summed E-state index contributed by atoms with van der Waals surface area (Å²) in [7, 11) is 0. The number of phenolic OH excluding ortho intramolecular Hbond substituents is 1. The highest BCUT2D eigenvalue weighted by Gasteiger charge is 2.11. The largest absolute Gasteiger partial charge is 0.508 e. The van der Waals surface area contributed by atoms with Crippen LogP contribution in [0.4, 0.5) is 4.39 Å². The summed E-state index contributed by atoms with van der Waals surface area (Å²) in [4.78, 5) is 23.7. The SMILES string of the molecule is C[C@H](Cc1ccc(O)cc1)NC(=O)CNC(=O)c1cccc(F)c1. The molecule has 0 radical (unpaired) electrons. The van der Waals surface area contributed by atoms with E-state index in [0.717, 1.165) is 11.6 Å². The third-order valence-electron chi connectivity index (χ3n) is 3.38. The Morgan fingerprint density at radius 1 is 1.17 bits per heavy atom. The van der Waals surface area contributed by atoms with Crippen molar-refractivity contribution in [2.24, 2.45) is 0 Å². The first-order valence-corrected chi connectivity index (χ1v) is 7.55. The maximum atomic E-state index is 13.1. The van der Waals surface area contributed by atoms with Crippen molar-refractivity contribution in [2.75, 3.05) is 6.54 Å².